The minimum Gasteiger partial charge on any atom is -0.389 e. The van der Waals surface area contributed by atoms with Crippen LogP contribution in [0.4, 0.5) is 5.82 Å². The van der Waals surface area contributed by atoms with Crippen LogP contribution in [0.15, 0.2) is 18.3 Å². The molecule has 0 aromatic carbocycles. The van der Waals surface area contributed by atoms with Crippen LogP contribution < -0.4 is 4.90 Å². The maximum absolute atomic E-state index is 9.66. The lowest BCUT2D eigenvalue weighted by molar-refractivity contribution is 0.199. The summed E-state index contributed by atoms with van der Waals surface area (Å²) in [6.45, 7) is 13.6. The normalized spacial score (nSPS) is 12.7. The fourth-order valence-corrected chi connectivity index (χ4v) is 2.33. The zero-order chi connectivity index (χ0) is 15.0. The highest BCUT2D eigenvalue weighted by molar-refractivity contribution is 5.41. The summed E-state index contributed by atoms with van der Waals surface area (Å²) in [6, 6.07) is 3.86. The van der Waals surface area contributed by atoms with Gasteiger partial charge in [0.15, 0.2) is 0 Å². The first-order chi connectivity index (χ1) is 9.62. The van der Waals surface area contributed by atoms with Gasteiger partial charge in [0.1, 0.15) is 5.82 Å². The molecular formula is C16H29N3O. The molecule has 1 aromatic heterocycles. The monoisotopic (exact) mass is 279 g/mol. The van der Waals surface area contributed by atoms with Crippen LogP contribution in [0.1, 0.15) is 45.8 Å². The van der Waals surface area contributed by atoms with Gasteiger partial charge < -0.3 is 14.9 Å². The van der Waals surface area contributed by atoms with E-state index in [9.17, 15) is 5.11 Å². The first-order valence-electron chi connectivity index (χ1n) is 7.73. The molecule has 1 heterocycles. The van der Waals surface area contributed by atoms with Crippen LogP contribution in [0.2, 0.25) is 0 Å². The van der Waals surface area contributed by atoms with Gasteiger partial charge in [-0.15, -0.1) is 0 Å². The van der Waals surface area contributed by atoms with Crippen molar-refractivity contribution in [3.05, 3.63) is 23.9 Å². The molecule has 1 rings (SSSR count). The van der Waals surface area contributed by atoms with Crippen molar-refractivity contribution < 1.29 is 5.11 Å². The summed E-state index contributed by atoms with van der Waals surface area (Å²) in [6.07, 6.45) is 2.48. The Hall–Kier alpha value is -1.13. The lowest BCUT2D eigenvalue weighted by atomic mass is 10.1. The molecule has 1 aromatic rings. The van der Waals surface area contributed by atoms with Crippen molar-refractivity contribution in [2.24, 2.45) is 0 Å². The molecule has 114 valence electrons. The van der Waals surface area contributed by atoms with Crippen LogP contribution in [0.5, 0.6) is 0 Å². The molecular weight excluding hydrogens is 250 g/mol. The summed E-state index contributed by atoms with van der Waals surface area (Å²) in [5.41, 5.74) is 0.928. The number of aliphatic hydroxyl groups excluding tert-OH is 1. The van der Waals surface area contributed by atoms with Gasteiger partial charge in [0, 0.05) is 19.3 Å². The summed E-state index contributed by atoms with van der Waals surface area (Å²) in [5.74, 6) is 0.963. The highest BCUT2D eigenvalue weighted by atomic mass is 16.3. The lowest BCUT2D eigenvalue weighted by Gasteiger charge is -2.25. The van der Waals surface area contributed by atoms with Crippen LogP contribution in [0, 0.1) is 0 Å². The molecule has 0 aliphatic carbocycles. The number of hydrogen-bond donors (Lipinski definition) is 1. The molecule has 1 atom stereocenters. The number of anilines is 1. The molecule has 0 unspecified atom stereocenters. The quantitative estimate of drug-likeness (QED) is 0.754. The first kappa shape index (κ1) is 16.9. The van der Waals surface area contributed by atoms with Gasteiger partial charge in [0.05, 0.1) is 6.10 Å². The molecule has 4 nitrogen and oxygen atoms in total. The first-order valence-corrected chi connectivity index (χ1v) is 7.73. The third kappa shape index (κ3) is 5.10. The summed E-state index contributed by atoms with van der Waals surface area (Å²) in [7, 11) is 0. The fraction of sp³-hybridized carbons (Fsp3) is 0.688. The van der Waals surface area contributed by atoms with E-state index in [1.807, 2.05) is 12.1 Å². The molecule has 0 spiro atoms. The third-order valence-corrected chi connectivity index (χ3v) is 3.75. The molecule has 4 heteroatoms. The van der Waals surface area contributed by atoms with Gasteiger partial charge >= 0.3 is 0 Å². The number of hydrogen-bond acceptors (Lipinski definition) is 4. The van der Waals surface area contributed by atoms with Gasteiger partial charge in [-0.2, -0.15) is 0 Å². The highest BCUT2D eigenvalue weighted by Gasteiger charge is 2.09. The van der Waals surface area contributed by atoms with Gasteiger partial charge in [-0.25, -0.2) is 4.98 Å². The SMILES string of the molecule is CCN(CC)CCCN(CC)c1cc([C@@H](C)O)ccn1. The van der Waals surface area contributed by atoms with Crippen molar-refractivity contribution in [3.8, 4) is 0 Å². The summed E-state index contributed by atoms with van der Waals surface area (Å²) in [5, 5.41) is 9.66. The number of rotatable bonds is 9. The van der Waals surface area contributed by atoms with E-state index >= 15 is 0 Å². The van der Waals surface area contributed by atoms with E-state index in [1.165, 1.54) is 0 Å². The van der Waals surface area contributed by atoms with Crippen molar-refractivity contribution in [2.45, 2.75) is 40.2 Å². The van der Waals surface area contributed by atoms with Crippen molar-refractivity contribution in [1.82, 2.24) is 9.88 Å². The summed E-state index contributed by atoms with van der Waals surface area (Å²) < 4.78 is 0. The predicted molar refractivity (Wildman–Crippen MR) is 85.2 cm³/mol. The Morgan fingerprint density at radius 2 is 1.85 bits per heavy atom. The van der Waals surface area contributed by atoms with Gasteiger partial charge in [-0.1, -0.05) is 13.8 Å². The Kier molecular flexibility index (Phi) is 7.55. The van der Waals surface area contributed by atoms with E-state index in [2.05, 4.69) is 35.6 Å². The Bertz CT molecular complexity index is 378. The number of aromatic nitrogens is 1. The maximum Gasteiger partial charge on any atom is 0.128 e. The van der Waals surface area contributed by atoms with E-state index in [0.29, 0.717) is 0 Å². The van der Waals surface area contributed by atoms with Crippen LogP contribution in [0.25, 0.3) is 0 Å². The standard InChI is InChI=1S/C16H29N3O/c1-5-18(6-2)11-8-12-19(7-3)16-13-15(14(4)20)9-10-17-16/h9-10,13-14,20H,5-8,11-12H2,1-4H3/t14-/m1/s1. The zero-order valence-electron chi connectivity index (χ0n) is 13.3. The van der Waals surface area contributed by atoms with Crippen LogP contribution >= 0.6 is 0 Å². The minimum absolute atomic E-state index is 0.439. The summed E-state index contributed by atoms with van der Waals surface area (Å²) >= 11 is 0. The van der Waals surface area contributed by atoms with E-state index in [4.69, 9.17) is 0 Å². The molecule has 0 amide bonds. The van der Waals surface area contributed by atoms with Gasteiger partial charge in [0.2, 0.25) is 0 Å². The molecule has 0 fully saturated rings. The van der Waals surface area contributed by atoms with Crippen molar-refractivity contribution >= 4 is 5.82 Å². The zero-order valence-corrected chi connectivity index (χ0v) is 13.3. The second kappa shape index (κ2) is 8.93. The van der Waals surface area contributed by atoms with Crippen molar-refractivity contribution in [1.29, 1.82) is 0 Å². The molecule has 0 radical (unpaired) electrons. The predicted octanol–water partition coefficient (Wildman–Crippen LogP) is 2.69. The molecule has 0 aliphatic rings. The van der Waals surface area contributed by atoms with E-state index in [1.54, 1.807) is 13.1 Å². The second-order valence-corrected chi connectivity index (χ2v) is 5.08. The van der Waals surface area contributed by atoms with Crippen LogP contribution in [-0.2, 0) is 0 Å². The van der Waals surface area contributed by atoms with Gasteiger partial charge in [-0.05, 0) is 57.6 Å². The lowest BCUT2D eigenvalue weighted by Crippen LogP contribution is -2.30. The average Bonchev–Trinajstić information content (AvgIpc) is 2.48. The molecule has 0 aliphatic heterocycles. The molecule has 20 heavy (non-hydrogen) atoms. The number of pyridine rings is 1. The van der Waals surface area contributed by atoms with Crippen molar-refractivity contribution in [2.75, 3.05) is 37.6 Å². The van der Waals surface area contributed by atoms with Gasteiger partial charge in [-0.3, -0.25) is 0 Å². The molecule has 0 bridgehead atoms. The Labute approximate surface area is 123 Å². The third-order valence-electron chi connectivity index (χ3n) is 3.75. The average molecular weight is 279 g/mol. The molecule has 1 N–H and O–H groups in total. The van der Waals surface area contributed by atoms with Crippen molar-refractivity contribution in [3.63, 3.8) is 0 Å². The summed E-state index contributed by atoms with van der Waals surface area (Å²) in [4.78, 5) is 9.14. The Morgan fingerprint density at radius 1 is 1.15 bits per heavy atom. The largest absolute Gasteiger partial charge is 0.389 e. The van der Waals surface area contributed by atoms with Crippen LogP contribution in [-0.4, -0.2) is 47.7 Å². The topological polar surface area (TPSA) is 39.6 Å². The van der Waals surface area contributed by atoms with E-state index < -0.39 is 6.10 Å². The molecule has 0 saturated carbocycles. The van der Waals surface area contributed by atoms with E-state index in [0.717, 1.165) is 50.5 Å². The minimum atomic E-state index is -0.439. The smallest absolute Gasteiger partial charge is 0.128 e. The Balaban J connectivity index is 2.59. The second-order valence-electron chi connectivity index (χ2n) is 5.08. The number of nitrogens with zero attached hydrogens (tertiary/aromatic N) is 3. The Morgan fingerprint density at radius 3 is 2.40 bits per heavy atom. The molecule has 0 saturated heterocycles. The van der Waals surface area contributed by atoms with Gasteiger partial charge in [0.25, 0.3) is 0 Å². The van der Waals surface area contributed by atoms with Crippen LogP contribution in [0.3, 0.4) is 0 Å². The highest BCUT2D eigenvalue weighted by Crippen LogP contribution is 2.18. The van der Waals surface area contributed by atoms with E-state index in [-0.39, 0.29) is 0 Å². The fourth-order valence-electron chi connectivity index (χ4n) is 2.33. The maximum atomic E-state index is 9.66. The number of aliphatic hydroxyl groups is 1.